The van der Waals surface area contributed by atoms with Gasteiger partial charge in [-0.15, -0.1) is 0 Å². The van der Waals surface area contributed by atoms with Crippen LogP contribution in [0.2, 0.25) is 0 Å². The molecule has 0 spiro atoms. The Hall–Kier alpha value is -0.570. The van der Waals surface area contributed by atoms with Crippen molar-refractivity contribution >= 4 is 6.21 Å². The molecule has 1 heterocycles. The van der Waals surface area contributed by atoms with Crippen LogP contribution in [0.1, 0.15) is 6.92 Å². The molecule has 0 aliphatic carbocycles. The lowest BCUT2D eigenvalue weighted by atomic mass is 10.5. The van der Waals surface area contributed by atoms with Gasteiger partial charge in [0.1, 0.15) is 6.10 Å². The zero-order valence-corrected chi connectivity index (χ0v) is 4.13. The SMILES string of the molecule is CC1C=[N+]([O-])CO1. The highest BCUT2D eigenvalue weighted by molar-refractivity contribution is 5.57. The molecule has 3 nitrogen and oxygen atoms in total. The van der Waals surface area contributed by atoms with Crippen molar-refractivity contribution < 1.29 is 9.48 Å². The van der Waals surface area contributed by atoms with E-state index >= 15 is 0 Å². The summed E-state index contributed by atoms with van der Waals surface area (Å²) in [5.41, 5.74) is 0. The van der Waals surface area contributed by atoms with Crippen LogP contribution in [-0.4, -0.2) is 23.8 Å². The van der Waals surface area contributed by atoms with Gasteiger partial charge < -0.3 is 9.94 Å². The normalized spacial score (nSPS) is 30.4. The van der Waals surface area contributed by atoms with Crippen molar-refractivity contribution in [2.45, 2.75) is 13.0 Å². The van der Waals surface area contributed by atoms with E-state index in [4.69, 9.17) is 4.74 Å². The highest BCUT2D eigenvalue weighted by Crippen LogP contribution is 1.92. The van der Waals surface area contributed by atoms with Gasteiger partial charge in [0, 0.05) is 0 Å². The van der Waals surface area contributed by atoms with Crippen LogP contribution in [0.25, 0.3) is 0 Å². The minimum Gasteiger partial charge on any atom is -0.622 e. The zero-order valence-electron chi connectivity index (χ0n) is 4.13. The van der Waals surface area contributed by atoms with E-state index in [1.54, 1.807) is 0 Å². The van der Waals surface area contributed by atoms with E-state index in [9.17, 15) is 5.21 Å². The van der Waals surface area contributed by atoms with Gasteiger partial charge in [-0.05, 0) is 6.92 Å². The van der Waals surface area contributed by atoms with E-state index in [2.05, 4.69) is 0 Å². The first kappa shape index (κ1) is 4.59. The molecule has 0 saturated carbocycles. The van der Waals surface area contributed by atoms with Crippen molar-refractivity contribution in [3.05, 3.63) is 5.21 Å². The summed E-state index contributed by atoms with van der Waals surface area (Å²) in [6, 6.07) is 0. The quantitative estimate of drug-likeness (QED) is 0.316. The van der Waals surface area contributed by atoms with E-state index in [0.29, 0.717) is 0 Å². The molecule has 1 aliphatic heterocycles. The van der Waals surface area contributed by atoms with Crippen molar-refractivity contribution in [1.29, 1.82) is 0 Å². The van der Waals surface area contributed by atoms with Crippen LogP contribution in [0, 0.1) is 5.21 Å². The Kier molecular flexibility index (Phi) is 0.982. The molecule has 3 heteroatoms. The molecule has 0 N–H and O–H groups in total. The molecule has 1 unspecified atom stereocenters. The maximum absolute atomic E-state index is 10.2. The van der Waals surface area contributed by atoms with Crippen molar-refractivity contribution in [3.63, 3.8) is 0 Å². The summed E-state index contributed by atoms with van der Waals surface area (Å²) in [5, 5.41) is 10.2. The fraction of sp³-hybridized carbons (Fsp3) is 0.750. The van der Waals surface area contributed by atoms with Crippen LogP contribution in [0.4, 0.5) is 0 Å². The largest absolute Gasteiger partial charge is 0.622 e. The van der Waals surface area contributed by atoms with Crippen LogP contribution in [-0.2, 0) is 4.74 Å². The summed E-state index contributed by atoms with van der Waals surface area (Å²) in [6.45, 7) is 2.03. The van der Waals surface area contributed by atoms with Crippen LogP contribution in [0.15, 0.2) is 0 Å². The number of ether oxygens (including phenoxy) is 1. The van der Waals surface area contributed by atoms with Crippen LogP contribution in [0.5, 0.6) is 0 Å². The molecule has 0 fully saturated rings. The fourth-order valence-corrected chi connectivity index (χ4v) is 0.511. The second kappa shape index (κ2) is 1.50. The molecule has 7 heavy (non-hydrogen) atoms. The summed E-state index contributed by atoms with van der Waals surface area (Å²) in [6.07, 6.45) is 1.51. The van der Waals surface area contributed by atoms with Crippen molar-refractivity contribution in [2.24, 2.45) is 0 Å². The molecule has 0 aromatic rings. The first-order valence-electron chi connectivity index (χ1n) is 2.19. The van der Waals surface area contributed by atoms with Crippen LogP contribution < -0.4 is 0 Å². The van der Waals surface area contributed by atoms with Gasteiger partial charge >= 0.3 is 0 Å². The Morgan fingerprint density at radius 2 is 2.71 bits per heavy atom. The predicted octanol–water partition coefficient (Wildman–Crippen LogP) is -0.0563. The van der Waals surface area contributed by atoms with Gasteiger partial charge in [-0.2, -0.15) is 4.74 Å². The predicted molar refractivity (Wildman–Crippen MR) is 25.1 cm³/mol. The minimum absolute atomic E-state index is 0.0116. The lowest BCUT2D eigenvalue weighted by molar-refractivity contribution is -0.482. The molecule has 0 radical (unpaired) electrons. The van der Waals surface area contributed by atoms with Gasteiger partial charge in [0.2, 0.25) is 0 Å². The van der Waals surface area contributed by atoms with E-state index in [1.165, 1.54) is 6.21 Å². The minimum atomic E-state index is 0.0116. The molecule has 0 aromatic heterocycles. The van der Waals surface area contributed by atoms with Crippen LogP contribution in [0.3, 0.4) is 0 Å². The van der Waals surface area contributed by atoms with Gasteiger partial charge in [-0.25, -0.2) is 0 Å². The van der Waals surface area contributed by atoms with E-state index < -0.39 is 0 Å². The van der Waals surface area contributed by atoms with Gasteiger partial charge in [-0.3, -0.25) is 0 Å². The van der Waals surface area contributed by atoms with E-state index in [-0.39, 0.29) is 12.8 Å². The lowest BCUT2D eigenvalue weighted by Crippen LogP contribution is -1.99. The number of hydroxylamine groups is 1. The molecule has 1 rings (SSSR count). The Balaban J connectivity index is 2.50. The van der Waals surface area contributed by atoms with Crippen molar-refractivity contribution in [3.8, 4) is 0 Å². The van der Waals surface area contributed by atoms with Gasteiger partial charge in [0.15, 0.2) is 6.21 Å². The Morgan fingerprint density at radius 3 is 2.86 bits per heavy atom. The average Bonchev–Trinajstić information content (AvgIpc) is 1.87. The molecule has 0 amide bonds. The third-order valence-corrected chi connectivity index (χ3v) is 0.841. The van der Waals surface area contributed by atoms with Crippen molar-refractivity contribution in [2.75, 3.05) is 6.73 Å². The molecule has 1 aliphatic rings. The molecular weight excluding hydrogens is 94.0 g/mol. The Bertz CT molecular complexity index is 99.9. The maximum Gasteiger partial charge on any atom is 0.258 e. The topological polar surface area (TPSA) is 35.3 Å². The van der Waals surface area contributed by atoms with Gasteiger partial charge in [-0.1, -0.05) is 0 Å². The molecule has 0 aromatic carbocycles. The third-order valence-electron chi connectivity index (χ3n) is 0.841. The van der Waals surface area contributed by atoms with E-state index in [0.717, 1.165) is 4.74 Å². The third kappa shape index (κ3) is 0.899. The summed E-state index contributed by atoms with van der Waals surface area (Å²) in [7, 11) is 0. The Morgan fingerprint density at radius 1 is 2.00 bits per heavy atom. The summed E-state index contributed by atoms with van der Waals surface area (Å²) in [5.74, 6) is 0. The van der Waals surface area contributed by atoms with Gasteiger partial charge in [0.25, 0.3) is 6.73 Å². The average molecular weight is 101 g/mol. The number of nitrogens with zero attached hydrogens (tertiary/aromatic N) is 1. The van der Waals surface area contributed by atoms with Gasteiger partial charge in [0.05, 0.1) is 0 Å². The summed E-state index contributed by atoms with van der Waals surface area (Å²) < 4.78 is 5.61. The molecule has 0 bridgehead atoms. The zero-order chi connectivity index (χ0) is 5.28. The monoisotopic (exact) mass is 101 g/mol. The van der Waals surface area contributed by atoms with E-state index in [1.807, 2.05) is 6.92 Å². The lowest BCUT2D eigenvalue weighted by Gasteiger charge is -1.90. The molecule has 40 valence electrons. The highest BCUT2D eigenvalue weighted by atomic mass is 16.6. The molecule has 1 atom stereocenters. The second-order valence-electron chi connectivity index (χ2n) is 1.57. The highest BCUT2D eigenvalue weighted by Gasteiger charge is 2.11. The molecular formula is C4H7NO2. The number of hydrogen-bond donors (Lipinski definition) is 0. The number of rotatable bonds is 0. The summed E-state index contributed by atoms with van der Waals surface area (Å²) in [4.78, 5) is 0. The second-order valence-corrected chi connectivity index (χ2v) is 1.57. The fourth-order valence-electron chi connectivity index (χ4n) is 0.511. The van der Waals surface area contributed by atoms with Crippen LogP contribution >= 0.6 is 0 Å². The first-order valence-corrected chi connectivity index (χ1v) is 2.19. The maximum atomic E-state index is 10.2. The smallest absolute Gasteiger partial charge is 0.258 e. The number of hydrogen-bond acceptors (Lipinski definition) is 2. The molecule has 0 saturated heterocycles. The first-order chi connectivity index (χ1) is 3.29. The van der Waals surface area contributed by atoms with Crippen molar-refractivity contribution in [1.82, 2.24) is 0 Å². The standard InChI is InChI=1S/C4H7NO2/c1-4-2-5(6)3-7-4/h2,4H,3H2,1H3. The summed E-state index contributed by atoms with van der Waals surface area (Å²) >= 11 is 0. The Labute approximate surface area is 41.8 Å².